The number of nitrogens with one attached hydrogen (secondary N) is 1. The lowest BCUT2D eigenvalue weighted by Gasteiger charge is -2.22. The van der Waals surface area contributed by atoms with Crippen LogP contribution in [-0.4, -0.2) is 20.3 Å². The fraction of sp³-hybridized carbons (Fsp3) is 0.0500. The van der Waals surface area contributed by atoms with Crippen LogP contribution in [0.3, 0.4) is 0 Å². The molecule has 3 aromatic heterocycles. The van der Waals surface area contributed by atoms with Gasteiger partial charge in [0.2, 0.25) is 5.56 Å². The molecule has 128 valence electrons. The second kappa shape index (κ2) is 6.68. The highest BCUT2D eigenvalue weighted by atomic mass is 16.2. The van der Waals surface area contributed by atoms with Crippen molar-refractivity contribution in [3.8, 4) is 0 Å². The minimum atomic E-state index is -0.241. The molecular formula is C20H16N4O2. The summed E-state index contributed by atoms with van der Waals surface area (Å²) in [6.45, 7) is 0.354. The summed E-state index contributed by atoms with van der Waals surface area (Å²) in [5.74, 6) is -0.196. The second-order valence-electron chi connectivity index (χ2n) is 5.85. The fourth-order valence-corrected chi connectivity index (χ4v) is 2.85. The van der Waals surface area contributed by atoms with Crippen LogP contribution < -0.4 is 10.5 Å². The van der Waals surface area contributed by atoms with E-state index in [2.05, 4.69) is 9.97 Å². The van der Waals surface area contributed by atoms with E-state index in [1.165, 1.54) is 18.3 Å². The van der Waals surface area contributed by atoms with Crippen LogP contribution in [0.25, 0.3) is 5.65 Å². The normalized spacial score (nSPS) is 10.8. The number of amides is 1. The van der Waals surface area contributed by atoms with Gasteiger partial charge in [0.05, 0.1) is 24.0 Å². The average molecular weight is 344 g/mol. The summed E-state index contributed by atoms with van der Waals surface area (Å²) < 4.78 is 1.95. The van der Waals surface area contributed by atoms with Gasteiger partial charge in [-0.3, -0.25) is 9.59 Å². The standard InChI is InChI=1S/C20H16N4O2/c25-19-10-9-15(12-22-19)20(26)24(16-6-2-1-3-7-16)14-17-13-21-18-8-4-5-11-23(17)18/h1-13H,14H2,(H,22,25). The quantitative estimate of drug-likeness (QED) is 0.619. The lowest BCUT2D eigenvalue weighted by molar-refractivity contribution is 0.0984. The number of rotatable bonds is 4. The molecule has 6 heteroatoms. The summed E-state index contributed by atoms with van der Waals surface area (Å²) in [6, 6.07) is 18.1. The zero-order chi connectivity index (χ0) is 17.9. The van der Waals surface area contributed by atoms with E-state index in [0.29, 0.717) is 12.1 Å². The third-order valence-corrected chi connectivity index (χ3v) is 4.16. The molecule has 0 radical (unpaired) electrons. The van der Waals surface area contributed by atoms with Gasteiger partial charge >= 0.3 is 0 Å². The van der Waals surface area contributed by atoms with Crippen molar-refractivity contribution in [2.75, 3.05) is 4.90 Å². The predicted octanol–water partition coefficient (Wildman–Crippen LogP) is 2.87. The van der Waals surface area contributed by atoms with Crippen LogP contribution in [-0.2, 0) is 6.54 Å². The molecule has 0 unspecified atom stereocenters. The zero-order valence-electron chi connectivity index (χ0n) is 13.9. The number of nitrogens with zero attached hydrogens (tertiary/aromatic N) is 3. The number of carbonyl (C=O) groups excluding carboxylic acids is 1. The number of hydrogen-bond acceptors (Lipinski definition) is 3. The number of hydrogen-bond donors (Lipinski definition) is 1. The Morgan fingerprint density at radius 1 is 1.04 bits per heavy atom. The number of anilines is 1. The van der Waals surface area contributed by atoms with Crippen LogP contribution in [0, 0.1) is 0 Å². The minimum absolute atomic E-state index is 0.196. The molecule has 0 spiro atoms. The Bertz CT molecular complexity index is 1090. The molecule has 1 amide bonds. The van der Waals surface area contributed by atoms with Gasteiger partial charge < -0.3 is 14.3 Å². The molecule has 0 atom stereocenters. The van der Waals surface area contributed by atoms with E-state index >= 15 is 0 Å². The number of pyridine rings is 2. The summed E-state index contributed by atoms with van der Waals surface area (Å²) in [7, 11) is 0. The number of benzene rings is 1. The highest BCUT2D eigenvalue weighted by Gasteiger charge is 2.19. The van der Waals surface area contributed by atoms with Gasteiger partial charge in [0.15, 0.2) is 0 Å². The molecule has 3 heterocycles. The Morgan fingerprint density at radius 3 is 2.62 bits per heavy atom. The van der Waals surface area contributed by atoms with Gasteiger partial charge in [-0.2, -0.15) is 0 Å². The Kier molecular flexibility index (Phi) is 4.07. The number of H-pyrrole nitrogens is 1. The number of aromatic nitrogens is 3. The Hall–Kier alpha value is -3.67. The smallest absolute Gasteiger partial charge is 0.260 e. The first-order chi connectivity index (χ1) is 12.7. The number of fused-ring (bicyclic) bond motifs is 1. The number of carbonyl (C=O) groups is 1. The van der Waals surface area contributed by atoms with Crippen molar-refractivity contribution < 1.29 is 4.79 Å². The first-order valence-electron chi connectivity index (χ1n) is 8.19. The molecule has 1 aromatic carbocycles. The van der Waals surface area contributed by atoms with Crippen molar-refractivity contribution in [2.45, 2.75) is 6.54 Å². The second-order valence-corrected chi connectivity index (χ2v) is 5.85. The van der Waals surface area contributed by atoms with Gasteiger partial charge in [-0.25, -0.2) is 4.98 Å². The number of para-hydroxylation sites is 1. The van der Waals surface area contributed by atoms with E-state index in [-0.39, 0.29) is 11.5 Å². The van der Waals surface area contributed by atoms with Gasteiger partial charge in [0.25, 0.3) is 5.91 Å². The maximum absolute atomic E-state index is 13.1. The summed E-state index contributed by atoms with van der Waals surface area (Å²) in [5.41, 5.74) is 2.67. The van der Waals surface area contributed by atoms with E-state index in [1.54, 1.807) is 11.1 Å². The lowest BCUT2D eigenvalue weighted by Crippen LogP contribution is -2.31. The van der Waals surface area contributed by atoms with Crippen molar-refractivity contribution in [2.24, 2.45) is 0 Å². The van der Waals surface area contributed by atoms with Crippen LogP contribution in [0.1, 0.15) is 16.1 Å². The van der Waals surface area contributed by atoms with Gasteiger partial charge in [0.1, 0.15) is 5.65 Å². The third kappa shape index (κ3) is 3.00. The molecule has 4 aromatic rings. The van der Waals surface area contributed by atoms with Crippen molar-refractivity contribution >= 4 is 17.2 Å². The van der Waals surface area contributed by atoms with Gasteiger partial charge in [0, 0.05) is 24.1 Å². The molecule has 6 nitrogen and oxygen atoms in total. The molecule has 0 aliphatic carbocycles. The van der Waals surface area contributed by atoms with E-state index in [0.717, 1.165) is 17.0 Å². The summed E-state index contributed by atoms with van der Waals surface area (Å²) in [6.07, 6.45) is 5.13. The number of aromatic amines is 1. The van der Waals surface area contributed by atoms with Crippen molar-refractivity contribution in [3.63, 3.8) is 0 Å². The van der Waals surface area contributed by atoms with Crippen LogP contribution in [0.4, 0.5) is 5.69 Å². The SMILES string of the molecule is O=C(c1ccc(=O)[nH]c1)N(Cc1cnc2ccccn12)c1ccccc1. The monoisotopic (exact) mass is 344 g/mol. The maximum Gasteiger partial charge on any atom is 0.260 e. The Morgan fingerprint density at radius 2 is 1.85 bits per heavy atom. The van der Waals surface area contributed by atoms with Crippen LogP contribution in [0.2, 0.25) is 0 Å². The molecule has 0 fully saturated rings. The molecule has 0 saturated carbocycles. The Labute approximate surface area is 149 Å². The third-order valence-electron chi connectivity index (χ3n) is 4.16. The molecule has 0 saturated heterocycles. The van der Waals surface area contributed by atoms with Gasteiger partial charge in [-0.05, 0) is 30.3 Å². The van der Waals surface area contributed by atoms with Gasteiger partial charge in [-0.1, -0.05) is 24.3 Å². The number of imidazole rings is 1. The lowest BCUT2D eigenvalue weighted by atomic mass is 10.2. The van der Waals surface area contributed by atoms with Crippen LogP contribution >= 0.6 is 0 Å². The van der Waals surface area contributed by atoms with E-state index < -0.39 is 0 Å². The summed E-state index contributed by atoms with van der Waals surface area (Å²) in [4.78, 5) is 33.0. The van der Waals surface area contributed by atoms with E-state index in [9.17, 15) is 9.59 Å². The van der Waals surface area contributed by atoms with Crippen LogP contribution in [0.15, 0.2) is 84.0 Å². The summed E-state index contributed by atoms with van der Waals surface area (Å²) >= 11 is 0. The van der Waals surface area contributed by atoms with Crippen LogP contribution in [0.5, 0.6) is 0 Å². The topological polar surface area (TPSA) is 70.5 Å². The Balaban J connectivity index is 1.75. The van der Waals surface area contributed by atoms with E-state index in [4.69, 9.17) is 0 Å². The highest BCUT2D eigenvalue weighted by molar-refractivity contribution is 6.05. The molecule has 1 N–H and O–H groups in total. The van der Waals surface area contributed by atoms with Gasteiger partial charge in [-0.15, -0.1) is 0 Å². The maximum atomic E-state index is 13.1. The zero-order valence-corrected chi connectivity index (χ0v) is 13.9. The average Bonchev–Trinajstić information content (AvgIpc) is 3.10. The molecular weight excluding hydrogens is 328 g/mol. The highest BCUT2D eigenvalue weighted by Crippen LogP contribution is 2.20. The first-order valence-corrected chi connectivity index (χ1v) is 8.19. The predicted molar refractivity (Wildman–Crippen MR) is 99.2 cm³/mol. The molecule has 0 bridgehead atoms. The molecule has 26 heavy (non-hydrogen) atoms. The van der Waals surface area contributed by atoms with Crippen molar-refractivity contribution in [3.05, 3.63) is 101 Å². The minimum Gasteiger partial charge on any atom is -0.328 e. The van der Waals surface area contributed by atoms with Crippen molar-refractivity contribution in [1.82, 2.24) is 14.4 Å². The largest absolute Gasteiger partial charge is 0.328 e. The summed E-state index contributed by atoms with van der Waals surface area (Å²) in [5, 5.41) is 0. The molecule has 4 rings (SSSR count). The first kappa shape index (κ1) is 15.8. The van der Waals surface area contributed by atoms with Crippen molar-refractivity contribution in [1.29, 1.82) is 0 Å². The van der Waals surface area contributed by atoms with E-state index in [1.807, 2.05) is 59.1 Å². The molecule has 0 aliphatic heterocycles. The fourth-order valence-electron chi connectivity index (χ4n) is 2.85. The molecule has 0 aliphatic rings.